The van der Waals surface area contributed by atoms with Crippen LogP contribution in [0.15, 0.2) is 35.7 Å². The third-order valence-corrected chi connectivity index (χ3v) is 7.54. The van der Waals surface area contributed by atoms with E-state index in [1.807, 2.05) is 17.0 Å². The molecule has 2 amide bonds. The minimum absolute atomic E-state index is 0.0166. The Hall–Kier alpha value is -2.38. The van der Waals surface area contributed by atoms with Crippen LogP contribution in [0.3, 0.4) is 0 Å². The highest BCUT2D eigenvalue weighted by atomic mass is 32.1. The van der Waals surface area contributed by atoms with Crippen LogP contribution in [0.5, 0.6) is 5.75 Å². The number of carbonyl (C=O) groups excluding carboxylic acids is 2. The van der Waals surface area contributed by atoms with Crippen LogP contribution in [0.4, 0.5) is 0 Å². The topological polar surface area (TPSA) is 59.1 Å². The van der Waals surface area contributed by atoms with Gasteiger partial charge in [-0.05, 0) is 53.0 Å². The molecular weight excluding hydrogens is 448 g/mol. The molecular formula is C27H38N2O4S. The maximum atomic E-state index is 13.5. The van der Waals surface area contributed by atoms with Crippen LogP contribution in [0.1, 0.15) is 62.1 Å². The van der Waals surface area contributed by atoms with Gasteiger partial charge in [0.25, 0.3) is 0 Å². The molecule has 1 aromatic heterocycles. The van der Waals surface area contributed by atoms with Gasteiger partial charge in [0.15, 0.2) is 0 Å². The van der Waals surface area contributed by atoms with Gasteiger partial charge in [0, 0.05) is 25.1 Å². The molecule has 0 bridgehead atoms. The third kappa shape index (κ3) is 6.60. The van der Waals surface area contributed by atoms with Crippen LogP contribution in [0.2, 0.25) is 0 Å². The highest BCUT2D eigenvalue weighted by molar-refractivity contribution is 7.10. The summed E-state index contributed by atoms with van der Waals surface area (Å²) in [5.41, 5.74) is 2.42. The van der Waals surface area contributed by atoms with Gasteiger partial charge in [0.2, 0.25) is 11.8 Å². The second-order valence-electron chi connectivity index (χ2n) is 9.41. The zero-order valence-electron chi connectivity index (χ0n) is 21.1. The van der Waals surface area contributed by atoms with Crippen LogP contribution in [0, 0.1) is 5.92 Å². The first kappa shape index (κ1) is 26.2. The molecule has 1 aliphatic rings. The molecule has 0 saturated heterocycles. The van der Waals surface area contributed by atoms with Crippen molar-refractivity contribution in [1.29, 1.82) is 0 Å². The summed E-state index contributed by atoms with van der Waals surface area (Å²) >= 11 is 1.73. The fraction of sp³-hybridized carbons (Fsp3) is 0.556. The average molecular weight is 487 g/mol. The molecule has 0 fully saturated rings. The monoisotopic (exact) mass is 486 g/mol. The number of nitrogens with zero attached hydrogens (tertiary/aromatic N) is 2. The van der Waals surface area contributed by atoms with Crippen molar-refractivity contribution in [1.82, 2.24) is 9.80 Å². The van der Waals surface area contributed by atoms with Crippen molar-refractivity contribution >= 4 is 23.2 Å². The van der Waals surface area contributed by atoms with E-state index in [1.54, 1.807) is 16.2 Å². The van der Waals surface area contributed by atoms with Crippen molar-refractivity contribution in [3.05, 3.63) is 51.7 Å². The first-order valence-electron chi connectivity index (χ1n) is 12.2. The van der Waals surface area contributed by atoms with E-state index in [2.05, 4.69) is 51.3 Å². The molecule has 0 spiro atoms. The lowest BCUT2D eigenvalue weighted by Gasteiger charge is -2.37. The molecule has 1 aromatic carbocycles. The predicted molar refractivity (Wildman–Crippen MR) is 136 cm³/mol. The Morgan fingerprint density at radius 3 is 2.56 bits per heavy atom. The van der Waals surface area contributed by atoms with E-state index in [0.29, 0.717) is 31.5 Å². The molecule has 34 heavy (non-hydrogen) atoms. The average Bonchev–Trinajstić information content (AvgIpc) is 3.31. The molecule has 0 N–H and O–H groups in total. The number of amides is 2. The summed E-state index contributed by atoms with van der Waals surface area (Å²) in [6.45, 7) is 10.1. The van der Waals surface area contributed by atoms with Gasteiger partial charge in [-0.2, -0.15) is 0 Å². The Bertz CT molecular complexity index is 940. The second kappa shape index (κ2) is 12.4. The summed E-state index contributed by atoms with van der Waals surface area (Å²) in [6.07, 6.45) is 1.77. The Labute approximate surface area is 207 Å². The van der Waals surface area contributed by atoms with Crippen molar-refractivity contribution in [3.63, 3.8) is 0 Å². The minimum Gasteiger partial charge on any atom is -0.491 e. The van der Waals surface area contributed by atoms with E-state index in [9.17, 15) is 9.59 Å². The van der Waals surface area contributed by atoms with E-state index in [0.717, 1.165) is 24.2 Å². The van der Waals surface area contributed by atoms with Gasteiger partial charge in [-0.15, -0.1) is 11.3 Å². The van der Waals surface area contributed by atoms with E-state index in [4.69, 9.17) is 9.47 Å². The van der Waals surface area contributed by atoms with Gasteiger partial charge in [-0.3, -0.25) is 9.59 Å². The highest BCUT2D eigenvalue weighted by Crippen LogP contribution is 2.34. The van der Waals surface area contributed by atoms with Crippen LogP contribution >= 0.6 is 11.3 Å². The highest BCUT2D eigenvalue weighted by Gasteiger charge is 2.33. The number of methoxy groups -OCH3 is 1. The fourth-order valence-corrected chi connectivity index (χ4v) is 5.16. The van der Waals surface area contributed by atoms with E-state index >= 15 is 0 Å². The first-order valence-corrected chi connectivity index (χ1v) is 13.1. The van der Waals surface area contributed by atoms with Crippen molar-refractivity contribution in [2.75, 3.05) is 40.0 Å². The normalized spacial score (nSPS) is 16.3. The lowest BCUT2D eigenvalue weighted by molar-refractivity contribution is -0.145. The molecule has 3 rings (SSSR count). The number of fused-ring (bicyclic) bond motifs is 1. The maximum Gasteiger partial charge on any atom is 0.249 e. The zero-order valence-corrected chi connectivity index (χ0v) is 21.9. The number of ether oxygens (including phenoxy) is 2. The molecule has 2 heterocycles. The summed E-state index contributed by atoms with van der Waals surface area (Å²) in [4.78, 5) is 31.0. The summed E-state index contributed by atoms with van der Waals surface area (Å²) in [7, 11) is 1.50. The Morgan fingerprint density at radius 1 is 1.18 bits per heavy atom. The molecule has 0 radical (unpaired) electrons. The molecule has 0 unspecified atom stereocenters. The lowest BCUT2D eigenvalue weighted by Crippen LogP contribution is -2.49. The van der Waals surface area contributed by atoms with Crippen molar-refractivity contribution in [3.8, 4) is 5.75 Å². The number of hydrogen-bond donors (Lipinski definition) is 0. The smallest absolute Gasteiger partial charge is 0.249 e. The molecule has 6 nitrogen and oxygen atoms in total. The predicted octanol–water partition coefficient (Wildman–Crippen LogP) is 4.90. The van der Waals surface area contributed by atoms with Crippen LogP contribution in [-0.2, 0) is 20.7 Å². The fourth-order valence-electron chi connectivity index (χ4n) is 4.23. The van der Waals surface area contributed by atoms with E-state index in [1.165, 1.54) is 17.6 Å². The van der Waals surface area contributed by atoms with Crippen molar-refractivity contribution in [2.24, 2.45) is 5.92 Å². The Morgan fingerprint density at radius 2 is 1.91 bits per heavy atom. The lowest BCUT2D eigenvalue weighted by atomic mass is 10.00. The SMILES string of the molecule is CC[C@H](C)CN(CC(=O)N1CCc2sccc2[C@@H]1COc1ccc(C(C)C)cc1)C(=O)COC. The molecule has 0 saturated carbocycles. The van der Waals surface area contributed by atoms with Crippen molar-refractivity contribution in [2.45, 2.75) is 52.5 Å². The Kier molecular flexibility index (Phi) is 9.54. The van der Waals surface area contributed by atoms with Crippen LogP contribution < -0.4 is 4.74 Å². The zero-order chi connectivity index (χ0) is 24.7. The minimum atomic E-state index is -0.171. The van der Waals surface area contributed by atoms with Gasteiger partial charge in [-0.25, -0.2) is 0 Å². The summed E-state index contributed by atoms with van der Waals surface area (Å²) in [5.74, 6) is 1.38. The van der Waals surface area contributed by atoms with Gasteiger partial charge in [0.1, 0.15) is 19.0 Å². The standard InChI is InChI=1S/C27H38N2O4S/c1-6-20(4)15-28(27(31)18-32-5)16-26(30)29-13-11-25-23(12-14-34-25)24(29)17-33-22-9-7-21(8-10-22)19(2)3/h7-10,12,14,19-20,24H,6,11,13,15-18H2,1-5H3/t20-,24-/m0/s1. The van der Waals surface area contributed by atoms with Crippen LogP contribution in [-0.4, -0.2) is 61.6 Å². The van der Waals surface area contributed by atoms with Gasteiger partial charge in [-0.1, -0.05) is 46.2 Å². The van der Waals surface area contributed by atoms with E-state index in [-0.39, 0.29) is 31.0 Å². The number of thiophene rings is 1. The van der Waals surface area contributed by atoms with Crippen LogP contribution in [0.25, 0.3) is 0 Å². The molecule has 2 atom stereocenters. The number of hydrogen-bond acceptors (Lipinski definition) is 5. The second-order valence-corrected chi connectivity index (χ2v) is 10.4. The molecule has 1 aliphatic heterocycles. The molecule has 0 aliphatic carbocycles. The molecule has 7 heteroatoms. The van der Waals surface area contributed by atoms with Gasteiger partial charge >= 0.3 is 0 Å². The summed E-state index contributed by atoms with van der Waals surface area (Å²) in [6, 6.07) is 10.1. The third-order valence-electron chi connectivity index (χ3n) is 6.55. The number of benzene rings is 1. The number of carbonyl (C=O) groups is 2. The molecule has 2 aromatic rings. The quantitative estimate of drug-likeness (QED) is 0.453. The van der Waals surface area contributed by atoms with Gasteiger partial charge < -0.3 is 19.3 Å². The van der Waals surface area contributed by atoms with Crippen molar-refractivity contribution < 1.29 is 19.1 Å². The van der Waals surface area contributed by atoms with Gasteiger partial charge in [0.05, 0.1) is 12.6 Å². The first-order chi connectivity index (χ1) is 16.3. The number of rotatable bonds is 11. The molecule has 186 valence electrons. The Balaban J connectivity index is 1.75. The largest absolute Gasteiger partial charge is 0.491 e. The summed E-state index contributed by atoms with van der Waals surface area (Å²) in [5, 5.41) is 2.08. The van der Waals surface area contributed by atoms with E-state index < -0.39 is 0 Å². The maximum absolute atomic E-state index is 13.5. The summed E-state index contributed by atoms with van der Waals surface area (Å²) < 4.78 is 11.2.